The monoisotopic (exact) mass is 330 g/mol. The second-order valence-corrected chi connectivity index (χ2v) is 9.71. The topological polar surface area (TPSA) is 0 Å². The molecule has 4 unspecified atom stereocenters. The summed E-state index contributed by atoms with van der Waals surface area (Å²) in [4.78, 5) is 0. The van der Waals surface area contributed by atoms with E-state index in [9.17, 15) is 0 Å². The van der Waals surface area contributed by atoms with Gasteiger partial charge in [-0.05, 0) is 98.4 Å². The van der Waals surface area contributed by atoms with E-state index in [2.05, 4.69) is 39.8 Å². The van der Waals surface area contributed by atoms with Crippen molar-refractivity contribution in [1.82, 2.24) is 0 Å². The molecule has 0 nitrogen and oxygen atoms in total. The fourth-order valence-electron chi connectivity index (χ4n) is 6.66. The average molecular weight is 331 g/mol. The van der Waals surface area contributed by atoms with Crippen LogP contribution in [0.2, 0.25) is 0 Å². The maximum atomic E-state index is 2.64. The van der Waals surface area contributed by atoms with Gasteiger partial charge in [0.05, 0.1) is 0 Å². The minimum atomic E-state index is 0. The summed E-state index contributed by atoms with van der Waals surface area (Å²) in [5.41, 5.74) is 4.43. The van der Waals surface area contributed by atoms with Crippen LogP contribution in [0.25, 0.3) is 0 Å². The van der Waals surface area contributed by atoms with Crippen molar-refractivity contribution >= 4 is 0 Å². The first-order valence-electron chi connectivity index (χ1n) is 10.8. The predicted octanol–water partition coefficient (Wildman–Crippen LogP) is 7.80. The van der Waals surface area contributed by atoms with E-state index >= 15 is 0 Å². The average Bonchev–Trinajstić information content (AvgIpc) is 2.70. The van der Waals surface area contributed by atoms with Crippen molar-refractivity contribution < 1.29 is 1.43 Å². The SMILES string of the molecule is CC.CC1=CC2=CCC3C4CCC(C)[C@@](C)(CCC3[C@@]2(C)CC1)C4.[HH]. The molecular formula is C24H42. The van der Waals surface area contributed by atoms with Gasteiger partial charge in [0.1, 0.15) is 0 Å². The Bertz CT molecular complexity index is 530. The molecule has 0 aromatic heterocycles. The third kappa shape index (κ3) is 2.82. The van der Waals surface area contributed by atoms with E-state index in [1.165, 1.54) is 51.4 Å². The Hall–Kier alpha value is -0.520. The van der Waals surface area contributed by atoms with Crippen molar-refractivity contribution in [2.24, 2.45) is 34.5 Å². The summed E-state index contributed by atoms with van der Waals surface area (Å²) in [6, 6.07) is 0. The molecule has 4 aliphatic carbocycles. The van der Waals surface area contributed by atoms with Gasteiger partial charge < -0.3 is 0 Å². The Morgan fingerprint density at radius 1 is 1.08 bits per heavy atom. The third-order valence-corrected chi connectivity index (χ3v) is 8.57. The van der Waals surface area contributed by atoms with Crippen LogP contribution in [0.3, 0.4) is 0 Å². The molecule has 2 fully saturated rings. The molecule has 0 aromatic carbocycles. The molecule has 138 valence electrons. The van der Waals surface area contributed by atoms with Crippen LogP contribution in [-0.2, 0) is 0 Å². The lowest BCUT2D eigenvalue weighted by atomic mass is 9.54. The molecule has 0 N–H and O–H groups in total. The van der Waals surface area contributed by atoms with Crippen molar-refractivity contribution in [1.29, 1.82) is 0 Å². The first kappa shape index (κ1) is 18.3. The molecule has 0 amide bonds. The molecule has 0 heteroatoms. The molecule has 6 atom stereocenters. The van der Waals surface area contributed by atoms with Crippen molar-refractivity contribution in [3.05, 3.63) is 23.3 Å². The van der Waals surface area contributed by atoms with Gasteiger partial charge in [0.2, 0.25) is 0 Å². The molecule has 2 saturated carbocycles. The number of allylic oxidation sites excluding steroid dienone is 4. The number of hydrogen-bond acceptors (Lipinski definition) is 0. The Morgan fingerprint density at radius 2 is 1.83 bits per heavy atom. The molecule has 4 aliphatic rings. The minimum absolute atomic E-state index is 0. The van der Waals surface area contributed by atoms with E-state index < -0.39 is 0 Å². The van der Waals surface area contributed by atoms with Crippen molar-refractivity contribution in [3.8, 4) is 0 Å². The summed E-state index contributed by atoms with van der Waals surface area (Å²) < 4.78 is 0. The predicted molar refractivity (Wildman–Crippen MR) is 108 cm³/mol. The summed E-state index contributed by atoms with van der Waals surface area (Å²) in [7, 11) is 0. The van der Waals surface area contributed by atoms with E-state index in [-0.39, 0.29) is 1.43 Å². The highest BCUT2D eigenvalue weighted by Gasteiger charge is 2.52. The van der Waals surface area contributed by atoms with Crippen LogP contribution >= 0.6 is 0 Å². The van der Waals surface area contributed by atoms with Gasteiger partial charge in [0, 0.05) is 1.43 Å². The number of rotatable bonds is 0. The molecule has 0 heterocycles. The Labute approximate surface area is 152 Å². The smallest absolute Gasteiger partial charge is 0 e. The first-order valence-corrected chi connectivity index (χ1v) is 10.8. The Balaban J connectivity index is 0.000000726. The Morgan fingerprint density at radius 3 is 2.58 bits per heavy atom. The van der Waals surface area contributed by atoms with E-state index in [1.54, 1.807) is 11.1 Å². The Kier molecular flexibility index (Phi) is 5.07. The molecule has 2 bridgehead atoms. The normalized spacial score (nSPS) is 47.1. The summed E-state index contributed by atoms with van der Waals surface area (Å²) in [6.45, 7) is 14.1. The quantitative estimate of drug-likeness (QED) is 0.425. The third-order valence-electron chi connectivity index (χ3n) is 8.57. The highest BCUT2D eigenvalue weighted by molar-refractivity contribution is 5.36. The number of hydrogen-bond donors (Lipinski definition) is 0. The number of fused-ring (bicyclic) bond motifs is 6. The van der Waals surface area contributed by atoms with E-state index in [0.717, 1.165) is 23.7 Å². The van der Waals surface area contributed by atoms with Crippen molar-refractivity contribution in [2.75, 3.05) is 0 Å². The summed E-state index contributed by atoms with van der Waals surface area (Å²) in [5.74, 6) is 3.89. The molecule has 0 radical (unpaired) electrons. The lowest BCUT2D eigenvalue weighted by Crippen LogP contribution is -2.41. The molecule has 0 aliphatic heterocycles. The standard InChI is InChI=1S/C22H34.C2H6.H2/c1-15-9-12-22(4)18(13-15)7-8-19-17-6-5-16(2)21(3,14-17)11-10-20(19)22;1-2;/h7,13,16-17,19-20H,5-6,8-12,14H2,1-4H3;1-2H3;1H/t16?,17?,19?,20?,21-,22-;;/m0../s1. The van der Waals surface area contributed by atoms with Gasteiger partial charge in [-0.2, -0.15) is 0 Å². The van der Waals surface area contributed by atoms with Crippen molar-refractivity contribution in [2.45, 2.75) is 92.9 Å². The fourth-order valence-corrected chi connectivity index (χ4v) is 6.66. The van der Waals surface area contributed by atoms with Gasteiger partial charge in [-0.3, -0.25) is 0 Å². The zero-order chi connectivity index (χ0) is 17.5. The highest BCUT2D eigenvalue weighted by Crippen LogP contribution is 2.61. The van der Waals surface area contributed by atoms with Crippen molar-refractivity contribution in [3.63, 3.8) is 0 Å². The van der Waals surface area contributed by atoms with Gasteiger partial charge in [-0.1, -0.05) is 52.3 Å². The van der Waals surface area contributed by atoms with Crippen LogP contribution in [0.1, 0.15) is 94.3 Å². The van der Waals surface area contributed by atoms with Gasteiger partial charge in [-0.15, -0.1) is 0 Å². The van der Waals surface area contributed by atoms with E-state index in [1.807, 2.05) is 13.8 Å². The zero-order valence-corrected chi connectivity index (χ0v) is 17.1. The van der Waals surface area contributed by atoms with Crippen LogP contribution in [0.4, 0.5) is 0 Å². The van der Waals surface area contributed by atoms with Gasteiger partial charge in [-0.25, -0.2) is 0 Å². The molecule has 0 saturated heterocycles. The van der Waals surface area contributed by atoms with Crippen LogP contribution in [-0.4, -0.2) is 0 Å². The van der Waals surface area contributed by atoms with Crippen LogP contribution in [0.15, 0.2) is 23.3 Å². The van der Waals surface area contributed by atoms with E-state index in [0.29, 0.717) is 10.8 Å². The zero-order valence-electron chi connectivity index (χ0n) is 17.1. The molecule has 0 spiro atoms. The lowest BCUT2D eigenvalue weighted by molar-refractivity contribution is 0.0528. The molecule has 0 aromatic rings. The lowest BCUT2D eigenvalue weighted by Gasteiger charge is -2.50. The van der Waals surface area contributed by atoms with Crippen LogP contribution in [0.5, 0.6) is 0 Å². The van der Waals surface area contributed by atoms with Gasteiger partial charge in [0.15, 0.2) is 0 Å². The van der Waals surface area contributed by atoms with Crippen LogP contribution in [0, 0.1) is 34.5 Å². The maximum Gasteiger partial charge on any atom is 0 e. The minimum Gasteiger partial charge on any atom is -0.0805 e. The molecular weight excluding hydrogens is 288 g/mol. The van der Waals surface area contributed by atoms with Crippen LogP contribution < -0.4 is 0 Å². The fraction of sp³-hybridized carbons (Fsp3) is 0.833. The summed E-state index contributed by atoms with van der Waals surface area (Å²) in [6.07, 6.45) is 16.8. The summed E-state index contributed by atoms with van der Waals surface area (Å²) >= 11 is 0. The van der Waals surface area contributed by atoms with E-state index in [4.69, 9.17) is 0 Å². The second kappa shape index (κ2) is 6.65. The first-order chi connectivity index (χ1) is 11.4. The summed E-state index contributed by atoms with van der Waals surface area (Å²) in [5, 5.41) is 0. The molecule has 4 rings (SSSR count). The van der Waals surface area contributed by atoms with Gasteiger partial charge in [0.25, 0.3) is 0 Å². The second-order valence-electron chi connectivity index (χ2n) is 9.71. The molecule has 24 heavy (non-hydrogen) atoms. The largest absolute Gasteiger partial charge is 0.0805 e. The maximum absolute atomic E-state index is 2.64. The highest BCUT2D eigenvalue weighted by atomic mass is 14.6. The van der Waals surface area contributed by atoms with Gasteiger partial charge >= 0.3 is 0 Å².